The Bertz CT molecular complexity index is 1040. The number of para-hydroxylation sites is 1. The van der Waals surface area contributed by atoms with Gasteiger partial charge in [0.05, 0.1) is 12.7 Å². The van der Waals surface area contributed by atoms with E-state index in [1.54, 1.807) is 6.20 Å². The van der Waals surface area contributed by atoms with Gasteiger partial charge in [-0.2, -0.15) is 0 Å². The summed E-state index contributed by atoms with van der Waals surface area (Å²) in [5, 5.41) is 7.52. The molecule has 2 aliphatic rings. The highest BCUT2D eigenvalue weighted by Crippen LogP contribution is 2.59. The van der Waals surface area contributed by atoms with E-state index < -0.39 is 10.7 Å². The van der Waals surface area contributed by atoms with E-state index in [9.17, 15) is 4.79 Å². The topological polar surface area (TPSA) is 89.3 Å². The third-order valence-electron chi connectivity index (χ3n) is 5.12. The van der Waals surface area contributed by atoms with E-state index in [4.69, 9.17) is 10.5 Å². The number of hydrogen-bond donors (Lipinski definition) is 3. The maximum absolute atomic E-state index is 12.8. The van der Waals surface area contributed by atoms with Crippen LogP contribution < -0.4 is 21.1 Å². The summed E-state index contributed by atoms with van der Waals surface area (Å²) >= 11 is 1.41. The third kappa shape index (κ3) is 2.55. The Hall–Kier alpha value is -3.03. The number of thioether (sulfide) groups is 1. The molecular formula is C21H18N4O2S. The minimum atomic E-state index is -0.960. The summed E-state index contributed by atoms with van der Waals surface area (Å²) in [6, 6.07) is 18.8. The fourth-order valence-electron chi connectivity index (χ4n) is 3.83. The average molecular weight is 390 g/mol. The van der Waals surface area contributed by atoms with Crippen molar-refractivity contribution in [2.45, 2.75) is 15.8 Å². The number of rotatable bonds is 4. The molecule has 0 spiro atoms. The van der Waals surface area contributed by atoms with Gasteiger partial charge in [0, 0.05) is 17.4 Å². The molecule has 6 nitrogen and oxygen atoms in total. The molecule has 140 valence electrons. The molecule has 0 saturated heterocycles. The molecule has 5 rings (SSSR count). The van der Waals surface area contributed by atoms with Crippen LogP contribution in [0.15, 0.2) is 71.9 Å². The number of pyridine rings is 1. The molecule has 0 radical (unpaired) electrons. The van der Waals surface area contributed by atoms with Crippen LogP contribution in [-0.4, -0.2) is 17.6 Å². The van der Waals surface area contributed by atoms with E-state index >= 15 is 0 Å². The number of aromatic nitrogens is 1. The lowest BCUT2D eigenvalue weighted by molar-refractivity contribution is -0.121. The van der Waals surface area contributed by atoms with Gasteiger partial charge in [0.25, 0.3) is 0 Å². The zero-order valence-corrected chi connectivity index (χ0v) is 15.7. The predicted octanol–water partition coefficient (Wildman–Crippen LogP) is 3.37. The average Bonchev–Trinajstić information content (AvgIpc) is 3.07. The molecule has 0 saturated carbocycles. The van der Waals surface area contributed by atoms with Gasteiger partial charge in [0.2, 0.25) is 5.91 Å². The van der Waals surface area contributed by atoms with E-state index in [1.165, 1.54) is 11.8 Å². The lowest BCUT2D eigenvalue weighted by atomic mass is 9.85. The number of ether oxygens (including phenoxy) is 1. The minimum absolute atomic E-state index is 0.240. The number of nitrogens with two attached hydrogens (primary N) is 1. The van der Waals surface area contributed by atoms with Crippen LogP contribution in [0.1, 0.15) is 17.2 Å². The summed E-state index contributed by atoms with van der Waals surface area (Å²) in [5.41, 5.74) is 8.79. The van der Waals surface area contributed by atoms with Gasteiger partial charge in [-0.15, -0.1) is 0 Å². The Balaban J connectivity index is 1.53. The molecule has 0 bridgehead atoms. The second-order valence-electron chi connectivity index (χ2n) is 6.71. The first-order chi connectivity index (χ1) is 13.7. The van der Waals surface area contributed by atoms with Crippen LogP contribution in [0.4, 0.5) is 5.69 Å². The van der Waals surface area contributed by atoms with Crippen molar-refractivity contribution < 1.29 is 9.53 Å². The van der Waals surface area contributed by atoms with E-state index in [1.807, 2.05) is 60.7 Å². The molecule has 0 aliphatic carbocycles. The molecule has 1 aromatic heterocycles. The second-order valence-corrected chi connectivity index (χ2v) is 7.94. The molecule has 2 atom stereocenters. The van der Waals surface area contributed by atoms with Crippen molar-refractivity contribution in [1.82, 2.24) is 10.3 Å². The molecule has 7 heteroatoms. The molecule has 1 amide bonds. The van der Waals surface area contributed by atoms with Crippen molar-refractivity contribution >= 4 is 23.4 Å². The van der Waals surface area contributed by atoms with E-state index in [-0.39, 0.29) is 6.04 Å². The van der Waals surface area contributed by atoms with Crippen molar-refractivity contribution in [3.63, 3.8) is 0 Å². The Morgan fingerprint density at radius 1 is 1.11 bits per heavy atom. The first-order valence-corrected chi connectivity index (χ1v) is 9.78. The minimum Gasteiger partial charge on any atom is -0.457 e. The number of carbonyl (C=O) groups is 1. The highest BCUT2D eigenvalue weighted by Gasteiger charge is 2.55. The Labute approximate surface area is 166 Å². The number of primary amides is 1. The van der Waals surface area contributed by atoms with Crippen molar-refractivity contribution in [1.29, 1.82) is 0 Å². The van der Waals surface area contributed by atoms with Crippen molar-refractivity contribution in [3.8, 4) is 11.5 Å². The standard InChI is InChI=1S/C21H18N4O2S/c22-20(26)21(18-17-16(24-12-25-18)10-11-23-19(17)28-21)13-6-8-15(9-7-13)27-14-4-2-1-3-5-14/h1-11,18,24-25H,12H2,(H2,22,26). The fourth-order valence-corrected chi connectivity index (χ4v) is 5.26. The third-order valence-corrected chi connectivity index (χ3v) is 6.63. The monoisotopic (exact) mass is 390 g/mol. The van der Waals surface area contributed by atoms with Crippen molar-refractivity contribution in [2.75, 3.05) is 12.0 Å². The smallest absolute Gasteiger partial charge is 0.240 e. The molecule has 3 aromatic rings. The number of amides is 1. The lowest BCUT2D eigenvalue weighted by Crippen LogP contribution is -2.48. The lowest BCUT2D eigenvalue weighted by Gasteiger charge is -2.35. The molecule has 2 aliphatic heterocycles. The number of nitrogens with zero attached hydrogens (tertiary/aromatic N) is 1. The van der Waals surface area contributed by atoms with Crippen LogP contribution in [0, 0.1) is 0 Å². The van der Waals surface area contributed by atoms with Gasteiger partial charge in [-0.1, -0.05) is 42.1 Å². The van der Waals surface area contributed by atoms with Crippen LogP contribution >= 0.6 is 11.8 Å². The van der Waals surface area contributed by atoms with E-state index in [2.05, 4.69) is 15.6 Å². The van der Waals surface area contributed by atoms with Gasteiger partial charge in [0.15, 0.2) is 0 Å². The first-order valence-electron chi connectivity index (χ1n) is 8.97. The van der Waals surface area contributed by atoms with Gasteiger partial charge in [-0.05, 0) is 35.9 Å². The number of carbonyl (C=O) groups excluding carboxylic acids is 1. The fraction of sp³-hybridized carbons (Fsp3) is 0.143. The highest BCUT2D eigenvalue weighted by molar-refractivity contribution is 8.01. The Morgan fingerprint density at radius 3 is 2.61 bits per heavy atom. The summed E-state index contributed by atoms with van der Waals surface area (Å²) in [6.07, 6.45) is 1.75. The summed E-state index contributed by atoms with van der Waals surface area (Å²) < 4.78 is 4.91. The molecule has 2 aromatic carbocycles. The summed E-state index contributed by atoms with van der Waals surface area (Å²) in [6.45, 7) is 0.561. The molecule has 3 heterocycles. The maximum atomic E-state index is 12.8. The zero-order chi connectivity index (χ0) is 19.1. The zero-order valence-electron chi connectivity index (χ0n) is 14.9. The SMILES string of the molecule is NC(=O)C1(c2ccc(Oc3ccccc3)cc2)Sc2nccc3c2C1NCN3. The number of hydrogen-bond acceptors (Lipinski definition) is 6. The largest absolute Gasteiger partial charge is 0.457 e. The van der Waals surface area contributed by atoms with Gasteiger partial charge in [-0.25, -0.2) is 4.98 Å². The molecule has 2 unspecified atom stereocenters. The second kappa shape index (κ2) is 6.54. The van der Waals surface area contributed by atoms with Gasteiger partial charge in [0.1, 0.15) is 21.3 Å². The summed E-state index contributed by atoms with van der Waals surface area (Å²) in [5.74, 6) is 1.07. The quantitative estimate of drug-likeness (QED) is 0.633. The van der Waals surface area contributed by atoms with Gasteiger partial charge in [-0.3, -0.25) is 10.1 Å². The number of benzene rings is 2. The van der Waals surface area contributed by atoms with E-state index in [0.29, 0.717) is 12.4 Å². The molecular weight excluding hydrogens is 372 g/mol. The Kier molecular flexibility index (Phi) is 3.99. The van der Waals surface area contributed by atoms with Gasteiger partial charge < -0.3 is 15.8 Å². The predicted molar refractivity (Wildman–Crippen MR) is 108 cm³/mol. The number of anilines is 1. The first kappa shape index (κ1) is 17.1. The van der Waals surface area contributed by atoms with Crippen molar-refractivity contribution in [3.05, 3.63) is 78.0 Å². The van der Waals surface area contributed by atoms with Crippen LogP contribution in [0.5, 0.6) is 11.5 Å². The Morgan fingerprint density at radius 2 is 1.86 bits per heavy atom. The van der Waals surface area contributed by atoms with Crippen LogP contribution in [0.2, 0.25) is 0 Å². The molecule has 0 fully saturated rings. The molecule has 28 heavy (non-hydrogen) atoms. The summed E-state index contributed by atoms with van der Waals surface area (Å²) in [4.78, 5) is 17.2. The highest BCUT2D eigenvalue weighted by atomic mass is 32.2. The normalized spacial score (nSPS) is 22.2. The maximum Gasteiger partial charge on any atom is 0.240 e. The van der Waals surface area contributed by atoms with E-state index in [0.717, 1.165) is 27.6 Å². The molecule has 4 N–H and O–H groups in total. The van der Waals surface area contributed by atoms with Gasteiger partial charge >= 0.3 is 0 Å². The number of nitrogens with one attached hydrogen (secondary N) is 2. The summed E-state index contributed by atoms with van der Waals surface area (Å²) in [7, 11) is 0. The van der Waals surface area contributed by atoms with Crippen molar-refractivity contribution in [2.24, 2.45) is 5.73 Å². The van der Waals surface area contributed by atoms with Crippen LogP contribution in [0.25, 0.3) is 0 Å². The van der Waals surface area contributed by atoms with Crippen LogP contribution in [-0.2, 0) is 9.54 Å². The van der Waals surface area contributed by atoms with Crippen LogP contribution in [0.3, 0.4) is 0 Å².